The quantitative estimate of drug-likeness (QED) is 0.904. The van der Waals surface area contributed by atoms with E-state index in [-0.39, 0.29) is 11.6 Å². The second-order valence-corrected chi connectivity index (χ2v) is 5.87. The largest absolute Gasteiger partial charge is 0.328 e. The van der Waals surface area contributed by atoms with Crippen molar-refractivity contribution in [3.63, 3.8) is 0 Å². The minimum absolute atomic E-state index is 0.0742. The number of hydrogen-bond donors (Lipinski definition) is 1. The molecule has 1 aliphatic heterocycles. The fraction of sp³-hybridized carbons (Fsp3) is 0.533. The topological polar surface area (TPSA) is 77.0 Å². The molecule has 0 saturated carbocycles. The van der Waals surface area contributed by atoms with Crippen LogP contribution in [-0.2, 0) is 6.67 Å². The van der Waals surface area contributed by atoms with Gasteiger partial charge in [0.05, 0.1) is 12.1 Å². The molecule has 6 nitrogen and oxygen atoms in total. The zero-order valence-corrected chi connectivity index (χ0v) is 12.3. The molecule has 1 saturated heterocycles. The predicted octanol–water partition coefficient (Wildman–Crippen LogP) is 0.808. The molecule has 1 fully saturated rings. The Morgan fingerprint density at radius 2 is 2.05 bits per heavy atom. The second-order valence-electron chi connectivity index (χ2n) is 5.87. The summed E-state index contributed by atoms with van der Waals surface area (Å²) in [5.74, 6) is 0.584. The molecule has 6 heteroatoms. The average molecular weight is 287 g/mol. The summed E-state index contributed by atoms with van der Waals surface area (Å²) in [6, 6.07) is 7.56. The number of likely N-dealkylation sites (tertiary alicyclic amines) is 1. The summed E-state index contributed by atoms with van der Waals surface area (Å²) in [6.07, 6.45) is 2.15. The smallest absolute Gasteiger partial charge is 0.278 e. The molecule has 2 N–H and O–H groups in total. The Morgan fingerprint density at radius 1 is 1.33 bits per heavy atom. The van der Waals surface area contributed by atoms with Crippen molar-refractivity contribution in [3.05, 3.63) is 34.6 Å². The molecule has 1 aromatic carbocycles. The number of fused-ring (bicyclic) bond motifs is 1. The van der Waals surface area contributed by atoms with Crippen LogP contribution < -0.4 is 11.3 Å². The molecule has 0 aliphatic carbocycles. The molecule has 0 amide bonds. The van der Waals surface area contributed by atoms with E-state index in [1.807, 2.05) is 18.2 Å². The molecule has 1 aromatic heterocycles. The van der Waals surface area contributed by atoms with Crippen LogP contribution in [0.4, 0.5) is 0 Å². The number of aromatic nitrogens is 3. The van der Waals surface area contributed by atoms with Gasteiger partial charge in [0.25, 0.3) is 5.56 Å². The first-order valence-electron chi connectivity index (χ1n) is 7.45. The molecular formula is C15H21N5O. The van der Waals surface area contributed by atoms with Crippen molar-refractivity contribution in [1.82, 2.24) is 19.9 Å². The third kappa shape index (κ3) is 2.96. The van der Waals surface area contributed by atoms with E-state index in [0.717, 1.165) is 25.9 Å². The number of piperidine rings is 1. The Balaban J connectivity index is 1.74. The van der Waals surface area contributed by atoms with Crippen LogP contribution >= 0.6 is 0 Å². The monoisotopic (exact) mass is 287 g/mol. The molecule has 21 heavy (non-hydrogen) atoms. The molecule has 0 radical (unpaired) electrons. The van der Waals surface area contributed by atoms with E-state index in [9.17, 15) is 4.79 Å². The highest BCUT2D eigenvalue weighted by Crippen LogP contribution is 2.19. The normalized spacial score (nSPS) is 19.0. The summed E-state index contributed by atoms with van der Waals surface area (Å²) in [5, 5.41) is 8.78. The van der Waals surface area contributed by atoms with Crippen molar-refractivity contribution in [1.29, 1.82) is 0 Å². The lowest BCUT2D eigenvalue weighted by molar-refractivity contribution is 0.129. The van der Waals surface area contributed by atoms with E-state index < -0.39 is 0 Å². The van der Waals surface area contributed by atoms with E-state index in [1.165, 1.54) is 4.68 Å². The Kier molecular flexibility index (Phi) is 3.98. The lowest BCUT2D eigenvalue weighted by Gasteiger charge is -2.33. The fourth-order valence-electron chi connectivity index (χ4n) is 2.93. The highest BCUT2D eigenvalue weighted by atomic mass is 16.1. The Bertz CT molecular complexity index is 673. The molecule has 1 aliphatic rings. The van der Waals surface area contributed by atoms with E-state index in [2.05, 4.69) is 22.1 Å². The maximum atomic E-state index is 12.4. The maximum absolute atomic E-state index is 12.4. The zero-order chi connectivity index (χ0) is 14.8. The molecule has 3 rings (SSSR count). The predicted molar refractivity (Wildman–Crippen MR) is 81.7 cm³/mol. The second kappa shape index (κ2) is 5.91. The average Bonchev–Trinajstić information content (AvgIpc) is 2.51. The molecule has 0 spiro atoms. The first-order chi connectivity index (χ1) is 10.1. The first kappa shape index (κ1) is 14.2. The van der Waals surface area contributed by atoms with Crippen molar-refractivity contribution in [3.8, 4) is 0 Å². The van der Waals surface area contributed by atoms with Crippen molar-refractivity contribution in [2.75, 3.05) is 13.1 Å². The minimum atomic E-state index is -0.0742. The number of rotatable bonds is 3. The van der Waals surface area contributed by atoms with Gasteiger partial charge in [-0.15, -0.1) is 5.10 Å². The van der Waals surface area contributed by atoms with Crippen LogP contribution in [0.3, 0.4) is 0 Å². The van der Waals surface area contributed by atoms with Crippen molar-refractivity contribution in [2.24, 2.45) is 11.7 Å². The van der Waals surface area contributed by atoms with E-state index in [0.29, 0.717) is 23.5 Å². The van der Waals surface area contributed by atoms with Gasteiger partial charge in [-0.05, 0) is 37.8 Å². The lowest BCUT2D eigenvalue weighted by atomic mass is 9.91. The highest BCUT2D eigenvalue weighted by Gasteiger charge is 2.22. The van der Waals surface area contributed by atoms with Gasteiger partial charge in [-0.3, -0.25) is 9.69 Å². The first-order valence-corrected chi connectivity index (χ1v) is 7.45. The maximum Gasteiger partial charge on any atom is 0.278 e. The van der Waals surface area contributed by atoms with Gasteiger partial charge in [-0.1, -0.05) is 17.3 Å². The fourth-order valence-corrected chi connectivity index (χ4v) is 2.93. The van der Waals surface area contributed by atoms with Crippen LogP contribution in [0.25, 0.3) is 10.9 Å². The zero-order valence-electron chi connectivity index (χ0n) is 12.3. The SMILES string of the molecule is CC(N)C1CCN(Cn2nnc3ccccc3c2=O)CC1. The van der Waals surface area contributed by atoms with Crippen molar-refractivity contribution < 1.29 is 0 Å². The van der Waals surface area contributed by atoms with Crippen LogP contribution in [0.2, 0.25) is 0 Å². The number of benzene rings is 1. The number of nitrogens with two attached hydrogens (primary N) is 1. The molecule has 112 valence electrons. The van der Waals surface area contributed by atoms with Crippen LogP contribution in [0.5, 0.6) is 0 Å². The minimum Gasteiger partial charge on any atom is -0.328 e. The Labute approximate surface area is 123 Å². The van der Waals surface area contributed by atoms with Gasteiger partial charge in [-0.2, -0.15) is 4.68 Å². The van der Waals surface area contributed by atoms with E-state index in [1.54, 1.807) is 6.07 Å². The highest BCUT2D eigenvalue weighted by molar-refractivity contribution is 5.76. The van der Waals surface area contributed by atoms with Gasteiger partial charge in [0.1, 0.15) is 5.52 Å². The summed E-state index contributed by atoms with van der Waals surface area (Å²) in [5.41, 5.74) is 6.53. The van der Waals surface area contributed by atoms with Crippen LogP contribution in [0, 0.1) is 5.92 Å². The van der Waals surface area contributed by atoms with Crippen LogP contribution in [0.15, 0.2) is 29.1 Å². The van der Waals surface area contributed by atoms with E-state index >= 15 is 0 Å². The number of nitrogens with zero attached hydrogens (tertiary/aromatic N) is 4. The Morgan fingerprint density at radius 3 is 2.76 bits per heavy atom. The molecule has 2 aromatic rings. The molecule has 0 bridgehead atoms. The van der Waals surface area contributed by atoms with Crippen molar-refractivity contribution in [2.45, 2.75) is 32.5 Å². The standard InChI is InChI=1S/C15H21N5O/c1-11(16)12-6-8-19(9-7-12)10-20-15(21)13-4-2-3-5-14(13)17-18-20/h2-5,11-12H,6-10,16H2,1H3. The Hall–Kier alpha value is -1.79. The van der Waals surface area contributed by atoms with E-state index in [4.69, 9.17) is 5.73 Å². The summed E-state index contributed by atoms with van der Waals surface area (Å²) in [7, 11) is 0. The third-order valence-electron chi connectivity index (χ3n) is 4.34. The summed E-state index contributed by atoms with van der Waals surface area (Å²) >= 11 is 0. The van der Waals surface area contributed by atoms with Gasteiger partial charge < -0.3 is 5.73 Å². The summed E-state index contributed by atoms with van der Waals surface area (Å²) in [6.45, 7) is 4.47. The van der Waals surface area contributed by atoms with Gasteiger partial charge >= 0.3 is 0 Å². The third-order valence-corrected chi connectivity index (χ3v) is 4.34. The van der Waals surface area contributed by atoms with Gasteiger partial charge in [0.2, 0.25) is 0 Å². The molecule has 1 unspecified atom stereocenters. The van der Waals surface area contributed by atoms with Gasteiger partial charge in [0.15, 0.2) is 0 Å². The van der Waals surface area contributed by atoms with Gasteiger partial charge in [0, 0.05) is 19.1 Å². The summed E-state index contributed by atoms with van der Waals surface area (Å²) < 4.78 is 1.45. The number of hydrogen-bond acceptors (Lipinski definition) is 5. The van der Waals surface area contributed by atoms with Crippen LogP contribution in [0.1, 0.15) is 19.8 Å². The lowest BCUT2D eigenvalue weighted by Crippen LogP contribution is -2.42. The molecular weight excluding hydrogens is 266 g/mol. The van der Waals surface area contributed by atoms with Gasteiger partial charge in [-0.25, -0.2) is 0 Å². The molecule has 2 heterocycles. The summed E-state index contributed by atoms with van der Waals surface area (Å²) in [4.78, 5) is 14.6. The van der Waals surface area contributed by atoms with Crippen LogP contribution in [-0.4, -0.2) is 39.0 Å². The van der Waals surface area contributed by atoms with Crippen molar-refractivity contribution >= 4 is 10.9 Å². The molecule has 1 atom stereocenters.